The van der Waals surface area contributed by atoms with Gasteiger partial charge < -0.3 is 30.6 Å². The van der Waals surface area contributed by atoms with Gasteiger partial charge in [-0.15, -0.1) is 0 Å². The van der Waals surface area contributed by atoms with Crippen LogP contribution in [-0.4, -0.2) is 67.2 Å². The number of carboxylic acids is 4. The minimum absolute atomic E-state index is 0.0810. The maximum Gasteiger partial charge on any atom is 0.330 e. The molecule has 0 radical (unpaired) electrons. The molecule has 0 aliphatic carbocycles. The first kappa shape index (κ1) is 35.8. The Morgan fingerprint density at radius 1 is 0.821 bits per heavy atom. The number of carboxylic acid groups (broad SMARTS) is 4. The van der Waals surface area contributed by atoms with Gasteiger partial charge >= 0.3 is 23.9 Å². The second-order valence-corrected chi connectivity index (χ2v) is 4.62. The lowest BCUT2D eigenvalue weighted by Crippen LogP contribution is -2.00. The van der Waals surface area contributed by atoms with Crippen molar-refractivity contribution in [2.45, 2.75) is 33.3 Å². The zero-order chi connectivity index (χ0) is 23.9. The summed E-state index contributed by atoms with van der Waals surface area (Å²) in [7, 11) is 0. The molecule has 1 unspecified atom stereocenters. The summed E-state index contributed by atoms with van der Waals surface area (Å²) in [6, 6.07) is 0. The van der Waals surface area contributed by atoms with Crippen LogP contribution in [0.1, 0.15) is 27.2 Å². The van der Waals surface area contributed by atoms with E-state index in [1.54, 1.807) is 6.92 Å². The fraction of sp³-hybridized carbons (Fsp3) is 0.333. The summed E-state index contributed by atoms with van der Waals surface area (Å²) in [5, 5.41) is 47.5. The molecule has 0 fully saturated rings. The van der Waals surface area contributed by atoms with Gasteiger partial charge in [-0.25, -0.2) is 19.2 Å². The van der Waals surface area contributed by atoms with Gasteiger partial charge in [-0.2, -0.15) is 0 Å². The molecule has 0 amide bonds. The molecule has 6 N–H and O–H groups in total. The van der Waals surface area contributed by atoms with E-state index in [2.05, 4.69) is 26.3 Å². The lowest BCUT2D eigenvalue weighted by atomic mass is 10.3. The molecule has 0 aromatic rings. The van der Waals surface area contributed by atoms with Crippen LogP contribution in [0.2, 0.25) is 0 Å². The van der Waals surface area contributed by atoms with E-state index in [1.807, 2.05) is 0 Å². The van der Waals surface area contributed by atoms with Crippen LogP contribution in [-0.2, 0) is 19.2 Å². The van der Waals surface area contributed by atoms with Crippen molar-refractivity contribution in [3.8, 4) is 0 Å². The highest BCUT2D eigenvalue weighted by atomic mass is 16.4. The van der Waals surface area contributed by atoms with Crippen LogP contribution in [0.4, 0.5) is 0 Å². The van der Waals surface area contributed by atoms with Crippen molar-refractivity contribution in [1.29, 1.82) is 0 Å². The van der Waals surface area contributed by atoms with E-state index in [9.17, 15) is 19.2 Å². The lowest BCUT2D eigenvalue weighted by molar-refractivity contribution is -0.133. The van der Waals surface area contributed by atoms with Crippen LogP contribution < -0.4 is 0 Å². The fourth-order valence-electron chi connectivity index (χ4n) is 0.187. The predicted molar refractivity (Wildman–Crippen MR) is 104 cm³/mol. The van der Waals surface area contributed by atoms with Crippen molar-refractivity contribution < 1.29 is 49.8 Å². The minimum Gasteiger partial charge on any atom is -0.478 e. The molecule has 0 saturated carbocycles. The molecule has 0 aliphatic heterocycles. The van der Waals surface area contributed by atoms with Crippen molar-refractivity contribution in [2.24, 2.45) is 0 Å². The van der Waals surface area contributed by atoms with Gasteiger partial charge in [0.15, 0.2) is 0 Å². The number of aliphatic hydroxyl groups excluding tert-OH is 2. The Balaban J connectivity index is -0.0000000789. The van der Waals surface area contributed by atoms with Gasteiger partial charge in [0.2, 0.25) is 0 Å². The van der Waals surface area contributed by atoms with Gasteiger partial charge in [0.1, 0.15) is 0 Å². The molecular formula is C18H30O10. The molecular weight excluding hydrogens is 376 g/mol. The summed E-state index contributed by atoms with van der Waals surface area (Å²) in [5.74, 6) is -3.83. The van der Waals surface area contributed by atoms with E-state index < -0.39 is 23.9 Å². The molecule has 0 aromatic heterocycles. The first-order valence-electron chi connectivity index (χ1n) is 7.37. The van der Waals surface area contributed by atoms with E-state index in [0.717, 1.165) is 12.2 Å². The SMILES string of the molecule is C=C(C)C(=O)O.C=C(C)C(=O)O.C=CC(=O)O.C=CC(=O)O.CC(O)CCO. The summed E-state index contributed by atoms with van der Waals surface area (Å²) >= 11 is 0. The number of aliphatic hydroxyl groups is 2. The predicted octanol–water partition coefficient (Wildman–Crippen LogP) is 1.56. The topological polar surface area (TPSA) is 190 Å². The molecule has 0 rings (SSSR count). The average molecular weight is 406 g/mol. The highest BCUT2D eigenvalue weighted by Gasteiger charge is 1.90. The summed E-state index contributed by atoms with van der Waals surface area (Å²) in [5.41, 5.74) is 0.352. The summed E-state index contributed by atoms with van der Waals surface area (Å²) < 4.78 is 0. The standard InChI is InChI=1S/C4H10O2.2C4H6O2.2C3H4O2/c1-4(6)2-3-5;2*1-3(2)4(5)6;2*1-2-3(4)5/h4-6H,2-3H2,1H3;2*1H2,2H3,(H,5,6);2*2H,1H2,(H,4,5). The van der Waals surface area contributed by atoms with Gasteiger partial charge in [-0.3, -0.25) is 0 Å². The molecule has 28 heavy (non-hydrogen) atoms. The Hall–Kier alpha value is -3.24. The first-order valence-corrected chi connectivity index (χ1v) is 7.37. The third-order valence-corrected chi connectivity index (χ3v) is 1.63. The second-order valence-electron chi connectivity index (χ2n) is 4.62. The van der Waals surface area contributed by atoms with Crippen molar-refractivity contribution in [2.75, 3.05) is 6.61 Å². The van der Waals surface area contributed by atoms with Gasteiger partial charge in [-0.05, 0) is 27.2 Å². The molecule has 162 valence electrons. The van der Waals surface area contributed by atoms with Crippen molar-refractivity contribution >= 4 is 23.9 Å². The molecule has 0 heterocycles. The van der Waals surface area contributed by atoms with Gasteiger partial charge in [0, 0.05) is 29.9 Å². The van der Waals surface area contributed by atoms with Crippen molar-refractivity contribution in [3.05, 3.63) is 49.6 Å². The summed E-state index contributed by atoms with van der Waals surface area (Å²) in [6.45, 7) is 16.9. The van der Waals surface area contributed by atoms with E-state index in [1.165, 1.54) is 13.8 Å². The van der Waals surface area contributed by atoms with Gasteiger partial charge in [0.05, 0.1) is 6.10 Å². The van der Waals surface area contributed by atoms with E-state index in [0.29, 0.717) is 6.42 Å². The summed E-state index contributed by atoms with van der Waals surface area (Å²) in [4.78, 5) is 37.7. The van der Waals surface area contributed by atoms with Crippen LogP contribution in [0.15, 0.2) is 49.6 Å². The Kier molecular flexibility index (Phi) is 33.2. The molecule has 0 aromatic carbocycles. The Bertz CT molecular complexity index is 452. The second kappa shape index (κ2) is 26.0. The average Bonchev–Trinajstić information content (AvgIpc) is 2.56. The normalized spacial score (nSPS) is 8.61. The monoisotopic (exact) mass is 406 g/mol. The van der Waals surface area contributed by atoms with Crippen LogP contribution in [0.25, 0.3) is 0 Å². The van der Waals surface area contributed by atoms with Crippen molar-refractivity contribution in [1.82, 2.24) is 0 Å². The van der Waals surface area contributed by atoms with Crippen LogP contribution in [0.5, 0.6) is 0 Å². The minimum atomic E-state index is -0.981. The largest absolute Gasteiger partial charge is 0.478 e. The third-order valence-electron chi connectivity index (χ3n) is 1.63. The Morgan fingerprint density at radius 3 is 1.00 bits per heavy atom. The highest BCUT2D eigenvalue weighted by Crippen LogP contribution is 1.83. The van der Waals surface area contributed by atoms with Gasteiger partial charge in [0.25, 0.3) is 0 Å². The van der Waals surface area contributed by atoms with Crippen LogP contribution in [0.3, 0.4) is 0 Å². The molecule has 0 aliphatic rings. The smallest absolute Gasteiger partial charge is 0.330 e. The number of hydrogen-bond donors (Lipinski definition) is 6. The Labute approximate surface area is 164 Å². The Morgan fingerprint density at radius 2 is 1.00 bits per heavy atom. The van der Waals surface area contributed by atoms with Crippen LogP contribution in [0, 0.1) is 0 Å². The zero-order valence-corrected chi connectivity index (χ0v) is 16.3. The van der Waals surface area contributed by atoms with Crippen molar-refractivity contribution in [3.63, 3.8) is 0 Å². The van der Waals surface area contributed by atoms with E-state index in [-0.39, 0.29) is 23.9 Å². The van der Waals surface area contributed by atoms with Gasteiger partial charge in [-0.1, -0.05) is 26.3 Å². The number of aliphatic carboxylic acids is 4. The van der Waals surface area contributed by atoms with Crippen LogP contribution >= 0.6 is 0 Å². The molecule has 10 nitrogen and oxygen atoms in total. The van der Waals surface area contributed by atoms with E-state index >= 15 is 0 Å². The maximum atomic E-state index is 9.60. The molecule has 10 heteroatoms. The molecule has 0 spiro atoms. The highest BCUT2D eigenvalue weighted by molar-refractivity contribution is 5.85. The lowest BCUT2D eigenvalue weighted by Gasteiger charge is -1.95. The number of carbonyl (C=O) groups is 4. The number of hydrogen-bond acceptors (Lipinski definition) is 6. The molecule has 0 saturated heterocycles. The van der Waals surface area contributed by atoms with E-state index in [4.69, 9.17) is 30.6 Å². The maximum absolute atomic E-state index is 9.60. The first-order chi connectivity index (χ1) is 12.6. The zero-order valence-electron chi connectivity index (χ0n) is 16.3. The fourth-order valence-corrected chi connectivity index (χ4v) is 0.187. The summed E-state index contributed by atoms with van der Waals surface area (Å²) in [6.07, 6.45) is 1.80. The molecule has 1 atom stereocenters. The molecule has 0 bridgehead atoms. The third kappa shape index (κ3) is 77.9. The number of rotatable bonds is 6. The quantitative estimate of drug-likeness (QED) is 0.353.